The lowest BCUT2D eigenvalue weighted by Gasteiger charge is -2.21. The van der Waals surface area contributed by atoms with Gasteiger partial charge in [0.15, 0.2) is 0 Å². The summed E-state index contributed by atoms with van der Waals surface area (Å²) in [5.41, 5.74) is 5.96. The first kappa shape index (κ1) is 21.3. The van der Waals surface area contributed by atoms with E-state index < -0.39 is 10.0 Å². The van der Waals surface area contributed by atoms with Crippen molar-refractivity contribution in [3.05, 3.63) is 16.3 Å². The average Bonchev–Trinajstić information content (AvgIpc) is 2.93. The minimum Gasteiger partial charge on any atom is -0.341 e. The molecule has 0 aliphatic heterocycles. The van der Waals surface area contributed by atoms with Crippen molar-refractivity contribution < 1.29 is 13.2 Å². The Kier molecular flexibility index (Phi) is 8.56. The first-order valence-electron chi connectivity index (χ1n) is 6.72. The fourth-order valence-electron chi connectivity index (χ4n) is 1.66. The van der Waals surface area contributed by atoms with Crippen molar-refractivity contribution in [2.75, 3.05) is 20.6 Å². The maximum atomic E-state index is 12.2. The van der Waals surface area contributed by atoms with Crippen LogP contribution in [0, 0.1) is 5.92 Å². The molecule has 1 aromatic rings. The Balaban J connectivity index is 0.00000441. The van der Waals surface area contributed by atoms with Crippen molar-refractivity contribution in [2.24, 2.45) is 11.7 Å². The van der Waals surface area contributed by atoms with Crippen LogP contribution in [0.25, 0.3) is 0 Å². The van der Waals surface area contributed by atoms with Crippen LogP contribution < -0.4 is 10.5 Å². The molecule has 1 rings (SSSR count). The van der Waals surface area contributed by atoms with Crippen LogP contribution in [0.2, 0.25) is 0 Å². The van der Waals surface area contributed by atoms with Crippen LogP contribution in [0.1, 0.15) is 29.9 Å². The van der Waals surface area contributed by atoms with E-state index in [9.17, 15) is 13.2 Å². The number of carbonyl (C=O) groups is 1. The molecule has 3 N–H and O–H groups in total. The van der Waals surface area contributed by atoms with Gasteiger partial charge in [0.05, 0.1) is 9.77 Å². The normalized spacial score (nSPS) is 12.8. The number of carbonyl (C=O) groups excluding carboxylic acids is 1. The number of rotatable bonds is 7. The van der Waals surface area contributed by atoms with Crippen LogP contribution >= 0.6 is 23.7 Å². The van der Waals surface area contributed by atoms with Crippen LogP contribution in [0.3, 0.4) is 0 Å². The fraction of sp³-hybridized carbons (Fsp3) is 0.615. The van der Waals surface area contributed by atoms with Gasteiger partial charge < -0.3 is 10.6 Å². The smallest absolute Gasteiger partial charge is 0.263 e. The first-order valence-corrected chi connectivity index (χ1v) is 9.08. The molecule has 0 radical (unpaired) electrons. The van der Waals surface area contributed by atoms with Crippen molar-refractivity contribution >= 4 is 39.7 Å². The van der Waals surface area contributed by atoms with Crippen molar-refractivity contribution in [1.82, 2.24) is 9.62 Å². The summed E-state index contributed by atoms with van der Waals surface area (Å²) >= 11 is 1.13. The monoisotopic (exact) mass is 369 g/mol. The number of nitrogens with zero attached hydrogens (tertiary/aromatic N) is 1. The third-order valence-electron chi connectivity index (χ3n) is 3.37. The summed E-state index contributed by atoms with van der Waals surface area (Å²) in [5.74, 6) is 0.177. The molecule has 22 heavy (non-hydrogen) atoms. The predicted octanol–water partition coefficient (Wildman–Crippen LogP) is 1.52. The molecule has 0 aliphatic carbocycles. The number of hydrogen-bond donors (Lipinski definition) is 2. The van der Waals surface area contributed by atoms with E-state index in [4.69, 9.17) is 5.73 Å². The van der Waals surface area contributed by atoms with E-state index in [0.717, 1.165) is 11.3 Å². The summed E-state index contributed by atoms with van der Waals surface area (Å²) in [7, 11) is -0.467. The number of nitrogens with two attached hydrogens (primary N) is 1. The number of amides is 1. The molecule has 1 aromatic heterocycles. The summed E-state index contributed by atoms with van der Waals surface area (Å²) < 4.78 is 25.5. The second-order valence-electron chi connectivity index (χ2n) is 5.28. The zero-order chi connectivity index (χ0) is 16.2. The number of sulfonamides is 1. The van der Waals surface area contributed by atoms with E-state index in [-0.39, 0.29) is 29.3 Å². The van der Waals surface area contributed by atoms with Gasteiger partial charge >= 0.3 is 0 Å². The maximum absolute atomic E-state index is 12.2. The zero-order valence-electron chi connectivity index (χ0n) is 13.2. The highest BCUT2D eigenvalue weighted by molar-refractivity contribution is 7.89. The molecular formula is C13H24ClN3O3S2. The van der Waals surface area contributed by atoms with Gasteiger partial charge in [0, 0.05) is 25.0 Å². The van der Waals surface area contributed by atoms with Gasteiger partial charge in [-0.3, -0.25) is 4.79 Å². The van der Waals surface area contributed by atoms with Crippen LogP contribution in [0.5, 0.6) is 0 Å². The standard InChI is InChI=1S/C13H23N3O3S2.ClH/c1-9(2)11(14)5-6-16(4)13(17)12-7-10(8-20-12)21(18,19)15-3;/h7-9,11,15H,5-6,14H2,1-4H3;1H. The maximum Gasteiger partial charge on any atom is 0.263 e. The van der Waals surface area contributed by atoms with Crippen LogP contribution in [-0.4, -0.2) is 45.9 Å². The van der Waals surface area contributed by atoms with Gasteiger partial charge in [0.2, 0.25) is 10.0 Å². The van der Waals surface area contributed by atoms with E-state index in [1.54, 1.807) is 11.9 Å². The van der Waals surface area contributed by atoms with Crippen LogP contribution in [0.15, 0.2) is 16.3 Å². The molecule has 1 amide bonds. The highest BCUT2D eigenvalue weighted by Gasteiger charge is 2.20. The second kappa shape index (κ2) is 8.83. The summed E-state index contributed by atoms with van der Waals surface area (Å²) in [6, 6.07) is 1.45. The zero-order valence-corrected chi connectivity index (χ0v) is 15.6. The minimum atomic E-state index is -3.50. The Bertz CT molecular complexity index is 587. The summed E-state index contributed by atoms with van der Waals surface area (Å²) in [6.07, 6.45) is 0.715. The van der Waals surface area contributed by atoms with E-state index in [2.05, 4.69) is 4.72 Å². The van der Waals surface area contributed by atoms with Crippen molar-refractivity contribution in [1.29, 1.82) is 0 Å². The lowest BCUT2D eigenvalue weighted by Crippen LogP contribution is -2.34. The number of hydrogen-bond acceptors (Lipinski definition) is 5. The Hall–Kier alpha value is -0.670. The average molecular weight is 370 g/mol. The molecule has 0 bridgehead atoms. The Labute approximate surface area is 142 Å². The Morgan fingerprint density at radius 3 is 2.55 bits per heavy atom. The number of halogens is 1. The Morgan fingerprint density at radius 2 is 2.05 bits per heavy atom. The second-order valence-corrected chi connectivity index (χ2v) is 8.08. The molecule has 0 spiro atoms. The molecule has 0 aliphatic rings. The molecule has 0 aromatic carbocycles. The third-order valence-corrected chi connectivity index (χ3v) is 5.83. The quantitative estimate of drug-likeness (QED) is 0.762. The first-order chi connectivity index (χ1) is 9.69. The van der Waals surface area contributed by atoms with Gasteiger partial charge in [-0.1, -0.05) is 13.8 Å². The SMILES string of the molecule is CNS(=O)(=O)c1csc(C(=O)N(C)CCC(N)C(C)C)c1.Cl. The molecule has 128 valence electrons. The van der Waals surface area contributed by atoms with Gasteiger partial charge in [0.25, 0.3) is 5.91 Å². The lowest BCUT2D eigenvalue weighted by atomic mass is 10.0. The van der Waals surface area contributed by atoms with Crippen molar-refractivity contribution in [2.45, 2.75) is 31.2 Å². The third kappa shape index (κ3) is 5.51. The molecular weight excluding hydrogens is 346 g/mol. The molecule has 0 saturated heterocycles. The molecule has 9 heteroatoms. The molecule has 0 fully saturated rings. The fourth-order valence-corrected chi connectivity index (χ4v) is 3.65. The van der Waals surface area contributed by atoms with E-state index in [1.807, 2.05) is 13.8 Å². The van der Waals surface area contributed by atoms with E-state index >= 15 is 0 Å². The molecule has 1 atom stereocenters. The Morgan fingerprint density at radius 1 is 1.45 bits per heavy atom. The summed E-state index contributed by atoms with van der Waals surface area (Å²) in [6.45, 7) is 4.63. The molecule has 1 unspecified atom stereocenters. The van der Waals surface area contributed by atoms with Gasteiger partial charge in [0.1, 0.15) is 0 Å². The lowest BCUT2D eigenvalue weighted by molar-refractivity contribution is 0.0794. The largest absolute Gasteiger partial charge is 0.341 e. The van der Waals surface area contributed by atoms with Crippen molar-refractivity contribution in [3.8, 4) is 0 Å². The summed E-state index contributed by atoms with van der Waals surface area (Å²) in [4.78, 5) is 14.3. The predicted molar refractivity (Wildman–Crippen MR) is 92.2 cm³/mol. The summed E-state index contributed by atoms with van der Waals surface area (Å²) in [5, 5.41) is 1.47. The van der Waals surface area contributed by atoms with Gasteiger partial charge in [-0.2, -0.15) is 0 Å². The van der Waals surface area contributed by atoms with Crippen LogP contribution in [0.4, 0.5) is 0 Å². The highest BCUT2D eigenvalue weighted by atomic mass is 35.5. The molecule has 0 saturated carbocycles. The van der Waals surface area contributed by atoms with Gasteiger partial charge in [-0.25, -0.2) is 13.1 Å². The highest BCUT2D eigenvalue weighted by Crippen LogP contribution is 2.20. The van der Waals surface area contributed by atoms with Crippen molar-refractivity contribution in [3.63, 3.8) is 0 Å². The molecule has 6 nitrogen and oxygen atoms in total. The number of thiophene rings is 1. The van der Waals surface area contributed by atoms with E-state index in [0.29, 0.717) is 23.8 Å². The van der Waals surface area contributed by atoms with E-state index in [1.165, 1.54) is 18.5 Å². The van der Waals surface area contributed by atoms with Gasteiger partial charge in [-0.05, 0) is 25.5 Å². The minimum absolute atomic E-state index is 0. The van der Waals surface area contributed by atoms with Gasteiger partial charge in [-0.15, -0.1) is 23.7 Å². The number of nitrogens with one attached hydrogen (secondary N) is 1. The topological polar surface area (TPSA) is 92.5 Å². The molecule has 1 heterocycles. The van der Waals surface area contributed by atoms with Crippen LogP contribution in [-0.2, 0) is 10.0 Å².